The lowest BCUT2D eigenvalue weighted by Gasteiger charge is -2.11. The van der Waals surface area contributed by atoms with Gasteiger partial charge in [0, 0.05) is 28.5 Å². The van der Waals surface area contributed by atoms with Gasteiger partial charge in [-0.05, 0) is 29.8 Å². The van der Waals surface area contributed by atoms with Crippen molar-refractivity contribution in [2.45, 2.75) is 6.54 Å². The standard InChI is InChI=1S/C17H15ClN2O/c1-21-16-7-3-6-15-14(16)8-9-19-17(15)20-11-12-4-2-5-13(18)10-12/h2-10H,11H2,1H3,(H,19,20). The summed E-state index contributed by atoms with van der Waals surface area (Å²) in [6, 6.07) is 15.7. The van der Waals surface area contributed by atoms with E-state index < -0.39 is 0 Å². The lowest BCUT2D eigenvalue weighted by molar-refractivity contribution is 0.420. The number of hydrogen-bond acceptors (Lipinski definition) is 3. The first kappa shape index (κ1) is 13.7. The topological polar surface area (TPSA) is 34.1 Å². The fourth-order valence-electron chi connectivity index (χ4n) is 2.33. The van der Waals surface area contributed by atoms with Crippen molar-refractivity contribution >= 4 is 28.2 Å². The van der Waals surface area contributed by atoms with Crippen LogP contribution in [0.1, 0.15) is 5.56 Å². The van der Waals surface area contributed by atoms with Gasteiger partial charge >= 0.3 is 0 Å². The molecule has 0 bridgehead atoms. The number of pyridine rings is 1. The van der Waals surface area contributed by atoms with E-state index in [0.717, 1.165) is 32.9 Å². The van der Waals surface area contributed by atoms with E-state index in [1.165, 1.54) is 0 Å². The van der Waals surface area contributed by atoms with Crippen LogP contribution < -0.4 is 10.1 Å². The number of benzene rings is 2. The van der Waals surface area contributed by atoms with Crippen molar-refractivity contribution < 1.29 is 4.74 Å². The highest BCUT2D eigenvalue weighted by Crippen LogP contribution is 2.29. The zero-order chi connectivity index (χ0) is 14.7. The molecule has 0 aliphatic heterocycles. The van der Waals surface area contributed by atoms with Crippen LogP contribution >= 0.6 is 11.6 Å². The molecular weight excluding hydrogens is 284 g/mol. The Hall–Kier alpha value is -2.26. The predicted octanol–water partition coefficient (Wildman–Crippen LogP) is 4.51. The first-order chi connectivity index (χ1) is 10.3. The van der Waals surface area contributed by atoms with Crippen LogP contribution in [0.2, 0.25) is 5.02 Å². The molecular formula is C17H15ClN2O. The molecule has 0 fully saturated rings. The molecule has 3 aromatic rings. The van der Waals surface area contributed by atoms with Crippen LogP contribution in [-0.2, 0) is 6.54 Å². The fraction of sp³-hybridized carbons (Fsp3) is 0.118. The zero-order valence-electron chi connectivity index (χ0n) is 11.6. The Kier molecular flexibility index (Phi) is 3.93. The molecule has 3 nitrogen and oxygen atoms in total. The van der Waals surface area contributed by atoms with Crippen molar-refractivity contribution in [1.29, 1.82) is 0 Å². The van der Waals surface area contributed by atoms with Crippen LogP contribution in [0.3, 0.4) is 0 Å². The highest BCUT2D eigenvalue weighted by atomic mass is 35.5. The average Bonchev–Trinajstić information content (AvgIpc) is 2.52. The summed E-state index contributed by atoms with van der Waals surface area (Å²) in [4.78, 5) is 4.42. The van der Waals surface area contributed by atoms with Crippen molar-refractivity contribution in [1.82, 2.24) is 4.98 Å². The number of hydrogen-bond donors (Lipinski definition) is 1. The summed E-state index contributed by atoms with van der Waals surface area (Å²) in [5, 5.41) is 6.18. The summed E-state index contributed by atoms with van der Waals surface area (Å²) in [6.07, 6.45) is 1.78. The molecule has 0 aliphatic carbocycles. The largest absolute Gasteiger partial charge is 0.496 e. The van der Waals surface area contributed by atoms with Gasteiger partial charge in [-0.2, -0.15) is 0 Å². The minimum Gasteiger partial charge on any atom is -0.496 e. The Morgan fingerprint density at radius 3 is 2.76 bits per heavy atom. The van der Waals surface area contributed by atoms with Gasteiger partial charge in [0.05, 0.1) is 7.11 Å². The minimum absolute atomic E-state index is 0.671. The second-order valence-electron chi connectivity index (χ2n) is 4.70. The number of fused-ring (bicyclic) bond motifs is 1. The maximum atomic E-state index is 6.00. The van der Waals surface area contributed by atoms with E-state index >= 15 is 0 Å². The molecule has 0 radical (unpaired) electrons. The number of halogens is 1. The number of rotatable bonds is 4. The quantitative estimate of drug-likeness (QED) is 0.769. The van der Waals surface area contributed by atoms with E-state index in [-0.39, 0.29) is 0 Å². The number of aromatic nitrogens is 1. The monoisotopic (exact) mass is 298 g/mol. The molecule has 0 spiro atoms. The molecule has 2 aromatic carbocycles. The van der Waals surface area contributed by atoms with Gasteiger partial charge in [0.15, 0.2) is 0 Å². The lowest BCUT2D eigenvalue weighted by atomic mass is 10.1. The minimum atomic E-state index is 0.671. The number of ether oxygens (including phenoxy) is 1. The van der Waals surface area contributed by atoms with Gasteiger partial charge in [-0.3, -0.25) is 0 Å². The molecule has 1 aromatic heterocycles. The van der Waals surface area contributed by atoms with Crippen molar-refractivity contribution in [2.24, 2.45) is 0 Å². The van der Waals surface area contributed by atoms with Gasteiger partial charge in [0.1, 0.15) is 11.6 Å². The first-order valence-corrected chi connectivity index (χ1v) is 7.06. The molecule has 0 amide bonds. The van der Waals surface area contributed by atoms with Gasteiger partial charge < -0.3 is 10.1 Å². The number of nitrogens with zero attached hydrogens (tertiary/aromatic N) is 1. The van der Waals surface area contributed by atoms with E-state index in [1.807, 2.05) is 48.5 Å². The summed E-state index contributed by atoms with van der Waals surface area (Å²) < 4.78 is 5.39. The van der Waals surface area contributed by atoms with Crippen molar-refractivity contribution in [3.63, 3.8) is 0 Å². The normalized spacial score (nSPS) is 10.6. The van der Waals surface area contributed by atoms with Gasteiger partial charge in [0.25, 0.3) is 0 Å². The molecule has 3 rings (SSSR count). The van der Waals surface area contributed by atoms with Crippen LogP contribution in [0, 0.1) is 0 Å². The van der Waals surface area contributed by atoms with Gasteiger partial charge in [-0.15, -0.1) is 0 Å². The van der Waals surface area contributed by atoms with Crippen molar-refractivity contribution in [3.8, 4) is 5.75 Å². The van der Waals surface area contributed by atoms with Crippen molar-refractivity contribution in [3.05, 3.63) is 65.3 Å². The van der Waals surface area contributed by atoms with Gasteiger partial charge in [0.2, 0.25) is 0 Å². The second-order valence-corrected chi connectivity index (χ2v) is 5.13. The van der Waals surface area contributed by atoms with Crippen LogP contribution in [0.15, 0.2) is 54.7 Å². The van der Waals surface area contributed by atoms with Crippen LogP contribution in [0.5, 0.6) is 5.75 Å². The molecule has 0 unspecified atom stereocenters. The molecule has 21 heavy (non-hydrogen) atoms. The Bertz CT molecular complexity index is 774. The Labute approximate surface area is 128 Å². The maximum Gasteiger partial charge on any atom is 0.134 e. The number of nitrogens with one attached hydrogen (secondary N) is 1. The summed E-state index contributed by atoms with van der Waals surface area (Å²) in [6.45, 7) is 0.671. The Morgan fingerprint density at radius 2 is 1.95 bits per heavy atom. The SMILES string of the molecule is COc1cccc2c(NCc3cccc(Cl)c3)nccc12. The third-order valence-electron chi connectivity index (χ3n) is 3.33. The van der Waals surface area contributed by atoms with Gasteiger partial charge in [-0.25, -0.2) is 4.98 Å². The molecule has 4 heteroatoms. The van der Waals surface area contributed by atoms with E-state index in [0.29, 0.717) is 6.54 Å². The third-order valence-corrected chi connectivity index (χ3v) is 3.57. The smallest absolute Gasteiger partial charge is 0.134 e. The Balaban J connectivity index is 1.91. The van der Waals surface area contributed by atoms with Crippen molar-refractivity contribution in [2.75, 3.05) is 12.4 Å². The molecule has 0 atom stereocenters. The fourth-order valence-corrected chi connectivity index (χ4v) is 2.54. The molecule has 106 valence electrons. The second kappa shape index (κ2) is 6.02. The summed E-state index contributed by atoms with van der Waals surface area (Å²) in [5.41, 5.74) is 1.11. The Morgan fingerprint density at radius 1 is 1.10 bits per heavy atom. The number of anilines is 1. The molecule has 1 N–H and O–H groups in total. The maximum absolute atomic E-state index is 6.00. The summed E-state index contributed by atoms with van der Waals surface area (Å²) in [7, 11) is 1.67. The van der Waals surface area contributed by atoms with E-state index in [4.69, 9.17) is 16.3 Å². The third kappa shape index (κ3) is 2.93. The zero-order valence-corrected chi connectivity index (χ0v) is 12.4. The van der Waals surface area contributed by atoms with E-state index in [9.17, 15) is 0 Å². The molecule has 0 saturated carbocycles. The van der Waals surface area contributed by atoms with E-state index in [1.54, 1.807) is 13.3 Å². The lowest BCUT2D eigenvalue weighted by Crippen LogP contribution is -2.02. The van der Waals surface area contributed by atoms with Crippen LogP contribution in [0.25, 0.3) is 10.8 Å². The number of methoxy groups -OCH3 is 1. The molecule has 0 saturated heterocycles. The average molecular weight is 299 g/mol. The van der Waals surface area contributed by atoms with Gasteiger partial charge in [-0.1, -0.05) is 35.9 Å². The predicted molar refractivity (Wildman–Crippen MR) is 87.1 cm³/mol. The highest BCUT2D eigenvalue weighted by Gasteiger charge is 2.06. The van der Waals surface area contributed by atoms with Crippen LogP contribution in [0.4, 0.5) is 5.82 Å². The first-order valence-electron chi connectivity index (χ1n) is 6.68. The molecule has 1 heterocycles. The summed E-state index contributed by atoms with van der Waals surface area (Å²) >= 11 is 6.00. The summed E-state index contributed by atoms with van der Waals surface area (Å²) in [5.74, 6) is 1.69. The van der Waals surface area contributed by atoms with Crippen LogP contribution in [-0.4, -0.2) is 12.1 Å². The highest BCUT2D eigenvalue weighted by molar-refractivity contribution is 6.30. The van der Waals surface area contributed by atoms with E-state index in [2.05, 4.69) is 10.3 Å². The molecule has 0 aliphatic rings.